The van der Waals surface area contributed by atoms with Crippen LogP contribution < -0.4 is 30.8 Å². The number of nitrogens with one attached hydrogen (secondary N) is 2. The van der Waals surface area contributed by atoms with Crippen molar-refractivity contribution < 1.29 is 14.3 Å². The van der Waals surface area contributed by atoms with E-state index >= 15 is 0 Å². The number of amides is 1. The number of fused-ring (bicyclic) bond motifs is 1. The van der Waals surface area contributed by atoms with Crippen molar-refractivity contribution in [3.05, 3.63) is 32.6 Å². The Hall–Kier alpha value is -2.39. The van der Waals surface area contributed by atoms with Crippen LogP contribution in [0.25, 0.3) is 10.8 Å². The van der Waals surface area contributed by atoms with Gasteiger partial charge in [-0.25, -0.2) is 0 Å². The molecule has 0 aliphatic rings. The lowest BCUT2D eigenvalue weighted by atomic mass is 10.1. The summed E-state index contributed by atoms with van der Waals surface area (Å²) in [6.07, 6.45) is 0. The van der Waals surface area contributed by atoms with E-state index < -0.39 is 5.91 Å². The number of hydrogen-bond donors (Lipinski definition) is 3. The van der Waals surface area contributed by atoms with E-state index in [2.05, 4.69) is 23.1 Å². The molecular formula is C13H13N3O4S2. The van der Waals surface area contributed by atoms with Gasteiger partial charge in [-0.15, -0.1) is 0 Å². The molecule has 1 aromatic carbocycles. The predicted molar refractivity (Wildman–Crippen MR) is 88.6 cm³/mol. The van der Waals surface area contributed by atoms with E-state index in [1.807, 2.05) is 0 Å². The van der Waals surface area contributed by atoms with Gasteiger partial charge in [0.05, 0.1) is 24.5 Å². The third kappa shape index (κ3) is 3.10. The van der Waals surface area contributed by atoms with Crippen LogP contribution in [0.3, 0.4) is 0 Å². The summed E-state index contributed by atoms with van der Waals surface area (Å²) in [5.41, 5.74) is 9.85. The van der Waals surface area contributed by atoms with Crippen molar-refractivity contribution in [3.63, 3.8) is 0 Å². The molecule has 1 amide bonds. The molecule has 1 heterocycles. The highest BCUT2D eigenvalue weighted by Crippen LogP contribution is 2.34. The van der Waals surface area contributed by atoms with Crippen LogP contribution in [0.5, 0.6) is 11.5 Å². The van der Waals surface area contributed by atoms with E-state index in [9.17, 15) is 9.59 Å². The number of carbonyl (C=O) groups is 1. The number of carbonyl (C=O) groups excluding carboxylic acids is 1. The number of methoxy groups -OCH3 is 2. The Morgan fingerprint density at radius 3 is 2.59 bits per heavy atom. The SMILES string of the molecule is COc1ccc2cc(C(=O)NNC(N)=S)sc(=O)c2c1OC. The van der Waals surface area contributed by atoms with Crippen molar-refractivity contribution >= 4 is 45.3 Å². The molecule has 0 aliphatic carbocycles. The summed E-state index contributed by atoms with van der Waals surface area (Å²) in [4.78, 5) is 24.5. The first kappa shape index (κ1) is 16.0. The maximum absolute atomic E-state index is 12.3. The molecule has 116 valence electrons. The average molecular weight is 339 g/mol. The smallest absolute Gasteiger partial charge is 0.279 e. The molecule has 0 atom stereocenters. The molecular weight excluding hydrogens is 326 g/mol. The van der Waals surface area contributed by atoms with Crippen molar-refractivity contribution in [2.45, 2.75) is 0 Å². The van der Waals surface area contributed by atoms with Crippen LogP contribution in [0.1, 0.15) is 9.67 Å². The molecule has 7 nitrogen and oxygen atoms in total. The molecule has 0 radical (unpaired) electrons. The second-order valence-corrected chi connectivity index (χ2v) is 5.56. The molecule has 0 bridgehead atoms. The highest BCUT2D eigenvalue weighted by atomic mass is 32.1. The molecule has 9 heteroatoms. The topological polar surface area (TPSA) is 103 Å². The lowest BCUT2D eigenvalue weighted by molar-refractivity contribution is 0.0948. The Kier molecular flexibility index (Phi) is 4.78. The number of thiocarbonyl (C=S) groups is 1. The van der Waals surface area contributed by atoms with Crippen molar-refractivity contribution in [2.75, 3.05) is 14.2 Å². The van der Waals surface area contributed by atoms with E-state index in [0.717, 1.165) is 11.3 Å². The molecule has 0 fully saturated rings. The summed E-state index contributed by atoms with van der Waals surface area (Å²) in [7, 11) is 2.94. The Balaban J connectivity index is 2.53. The number of benzene rings is 1. The van der Waals surface area contributed by atoms with Gasteiger partial charge in [0, 0.05) is 0 Å². The molecule has 0 spiro atoms. The molecule has 0 saturated carbocycles. The van der Waals surface area contributed by atoms with Gasteiger partial charge in [-0.05, 0) is 29.7 Å². The first-order valence-corrected chi connectivity index (χ1v) is 7.25. The van der Waals surface area contributed by atoms with Crippen LogP contribution >= 0.6 is 23.6 Å². The summed E-state index contributed by atoms with van der Waals surface area (Å²) in [5, 5.41) is 0.862. The van der Waals surface area contributed by atoms with Gasteiger partial charge in [0.15, 0.2) is 16.6 Å². The maximum atomic E-state index is 12.3. The second-order valence-electron chi connectivity index (χ2n) is 4.11. The van der Waals surface area contributed by atoms with Crippen molar-refractivity contribution in [1.82, 2.24) is 10.9 Å². The molecule has 0 aliphatic heterocycles. The minimum Gasteiger partial charge on any atom is -0.493 e. The molecule has 0 unspecified atom stereocenters. The van der Waals surface area contributed by atoms with Crippen LogP contribution in [0, 0.1) is 0 Å². The summed E-state index contributed by atoms with van der Waals surface area (Å²) in [6.45, 7) is 0. The summed E-state index contributed by atoms with van der Waals surface area (Å²) in [5.74, 6) is 0.285. The molecule has 2 rings (SSSR count). The van der Waals surface area contributed by atoms with Crippen molar-refractivity contribution in [2.24, 2.45) is 5.73 Å². The third-order valence-electron chi connectivity index (χ3n) is 2.79. The van der Waals surface area contributed by atoms with Crippen LogP contribution in [-0.4, -0.2) is 25.2 Å². The largest absolute Gasteiger partial charge is 0.493 e. The van der Waals surface area contributed by atoms with E-state index in [1.165, 1.54) is 14.2 Å². The molecule has 1 aromatic heterocycles. The summed E-state index contributed by atoms with van der Waals surface area (Å²) >= 11 is 5.38. The molecule has 22 heavy (non-hydrogen) atoms. The lowest BCUT2D eigenvalue weighted by Gasteiger charge is -2.11. The Morgan fingerprint density at radius 2 is 2.00 bits per heavy atom. The fraction of sp³-hybridized carbons (Fsp3) is 0.154. The molecule has 4 N–H and O–H groups in total. The van der Waals surface area contributed by atoms with Crippen molar-refractivity contribution in [1.29, 1.82) is 0 Å². The quantitative estimate of drug-likeness (QED) is 0.560. The normalized spacial score (nSPS) is 10.1. The Morgan fingerprint density at radius 1 is 1.27 bits per heavy atom. The summed E-state index contributed by atoms with van der Waals surface area (Å²) in [6, 6.07) is 4.93. The van der Waals surface area contributed by atoms with Gasteiger partial charge in [0.25, 0.3) is 5.91 Å². The van der Waals surface area contributed by atoms with Gasteiger partial charge in [0.2, 0.25) is 4.74 Å². The highest BCUT2D eigenvalue weighted by Gasteiger charge is 2.16. The first-order valence-electron chi connectivity index (χ1n) is 6.02. The van der Waals surface area contributed by atoms with Gasteiger partial charge < -0.3 is 15.2 Å². The standard InChI is InChI=1S/C13H13N3O4S2/c1-19-7-4-3-6-5-8(11(17)15-16-13(14)21)22-12(18)9(6)10(7)20-2/h3-5H,1-2H3,(H,15,17)(H3,14,16,21). The van der Waals surface area contributed by atoms with Gasteiger partial charge in [0.1, 0.15) is 0 Å². The number of hydrogen-bond acceptors (Lipinski definition) is 6. The van der Waals surface area contributed by atoms with Gasteiger partial charge in [-0.2, -0.15) is 0 Å². The van der Waals surface area contributed by atoms with E-state index in [-0.39, 0.29) is 14.7 Å². The van der Waals surface area contributed by atoms with E-state index in [1.54, 1.807) is 18.2 Å². The van der Waals surface area contributed by atoms with Crippen LogP contribution in [0.4, 0.5) is 0 Å². The van der Waals surface area contributed by atoms with E-state index in [0.29, 0.717) is 22.3 Å². The number of nitrogens with two attached hydrogens (primary N) is 1. The zero-order chi connectivity index (χ0) is 16.3. The summed E-state index contributed by atoms with van der Waals surface area (Å²) < 4.78 is 10.1. The second kappa shape index (κ2) is 6.58. The molecule has 0 saturated heterocycles. The monoisotopic (exact) mass is 339 g/mol. The number of ether oxygens (including phenoxy) is 2. The number of hydrazine groups is 1. The third-order valence-corrected chi connectivity index (χ3v) is 3.81. The fourth-order valence-electron chi connectivity index (χ4n) is 1.89. The Labute approximate surface area is 135 Å². The molecule has 2 aromatic rings. The minimum absolute atomic E-state index is 0.0760. The van der Waals surface area contributed by atoms with Crippen LogP contribution in [0.2, 0.25) is 0 Å². The van der Waals surface area contributed by atoms with Gasteiger partial charge >= 0.3 is 0 Å². The van der Waals surface area contributed by atoms with Gasteiger partial charge in [-0.1, -0.05) is 17.4 Å². The fourth-order valence-corrected chi connectivity index (χ4v) is 2.78. The highest BCUT2D eigenvalue weighted by molar-refractivity contribution is 7.80. The van der Waals surface area contributed by atoms with E-state index in [4.69, 9.17) is 15.2 Å². The average Bonchev–Trinajstić information content (AvgIpc) is 2.51. The first-order chi connectivity index (χ1) is 10.5. The zero-order valence-electron chi connectivity index (χ0n) is 11.8. The maximum Gasteiger partial charge on any atom is 0.279 e. The minimum atomic E-state index is -0.508. The lowest BCUT2D eigenvalue weighted by Crippen LogP contribution is -2.44. The van der Waals surface area contributed by atoms with Gasteiger partial charge in [-0.3, -0.25) is 20.4 Å². The van der Waals surface area contributed by atoms with Crippen LogP contribution in [0.15, 0.2) is 23.0 Å². The predicted octanol–water partition coefficient (Wildman–Crippen LogP) is 0.757. The van der Waals surface area contributed by atoms with Crippen molar-refractivity contribution in [3.8, 4) is 11.5 Å². The zero-order valence-corrected chi connectivity index (χ0v) is 13.4. The van der Waals surface area contributed by atoms with Crippen LogP contribution in [-0.2, 0) is 0 Å². The Bertz CT molecular complexity index is 804. The number of rotatable bonds is 3.